The van der Waals surface area contributed by atoms with Crippen LogP contribution in [0.25, 0.3) is 22.3 Å². The second-order valence-corrected chi connectivity index (χ2v) is 7.78. The highest BCUT2D eigenvalue weighted by atomic mass is 32.2. The van der Waals surface area contributed by atoms with E-state index in [2.05, 4.69) is 0 Å². The SMILES string of the molecule is CS(=O)(=O)c1ccc(-c2cc(F)c(F)cc2-c2cc(F)cc(F)c2)cc1. The Morgan fingerprint density at radius 1 is 0.654 bits per heavy atom. The average Bonchev–Trinajstić information content (AvgIpc) is 2.55. The molecule has 26 heavy (non-hydrogen) atoms. The average molecular weight is 380 g/mol. The van der Waals surface area contributed by atoms with Gasteiger partial charge in [0.05, 0.1) is 4.90 Å². The van der Waals surface area contributed by atoms with Gasteiger partial charge in [-0.15, -0.1) is 0 Å². The number of halogens is 4. The number of hydrogen-bond donors (Lipinski definition) is 0. The first-order chi connectivity index (χ1) is 12.1. The second kappa shape index (κ2) is 6.57. The maximum Gasteiger partial charge on any atom is 0.175 e. The number of sulfone groups is 1. The number of benzene rings is 3. The molecule has 0 aliphatic rings. The zero-order valence-electron chi connectivity index (χ0n) is 13.4. The lowest BCUT2D eigenvalue weighted by Gasteiger charge is -2.12. The zero-order valence-corrected chi connectivity index (χ0v) is 14.2. The summed E-state index contributed by atoms with van der Waals surface area (Å²) in [4.78, 5) is 0.0576. The minimum absolute atomic E-state index is 0.0311. The molecular formula is C19H12F4O2S. The van der Waals surface area contributed by atoms with Crippen LogP contribution in [0.1, 0.15) is 0 Å². The van der Waals surface area contributed by atoms with Crippen molar-refractivity contribution in [2.45, 2.75) is 4.90 Å². The Balaban J connectivity index is 2.22. The van der Waals surface area contributed by atoms with E-state index in [9.17, 15) is 26.0 Å². The molecule has 0 unspecified atom stereocenters. The van der Waals surface area contributed by atoms with Crippen molar-refractivity contribution in [3.63, 3.8) is 0 Å². The van der Waals surface area contributed by atoms with Crippen molar-refractivity contribution < 1.29 is 26.0 Å². The van der Waals surface area contributed by atoms with E-state index in [4.69, 9.17) is 0 Å². The zero-order chi connectivity index (χ0) is 19.1. The van der Waals surface area contributed by atoms with Gasteiger partial charge in [0.25, 0.3) is 0 Å². The van der Waals surface area contributed by atoms with Crippen molar-refractivity contribution >= 4 is 9.84 Å². The Hall–Kier alpha value is -2.67. The minimum atomic E-state index is -3.42. The lowest BCUT2D eigenvalue weighted by molar-refractivity contribution is 0.509. The first kappa shape index (κ1) is 18.1. The van der Waals surface area contributed by atoms with E-state index in [0.717, 1.165) is 30.5 Å². The van der Waals surface area contributed by atoms with Gasteiger partial charge in [-0.3, -0.25) is 0 Å². The molecule has 0 aromatic heterocycles. The molecule has 0 aliphatic heterocycles. The molecule has 0 radical (unpaired) electrons. The van der Waals surface area contributed by atoms with E-state index in [-0.39, 0.29) is 21.6 Å². The standard InChI is InChI=1S/C19H12F4O2S/c1-26(24,25)15-4-2-11(3-5-15)16-9-18(22)19(23)10-17(16)12-6-13(20)8-14(21)7-12/h2-10H,1H3. The summed E-state index contributed by atoms with van der Waals surface area (Å²) < 4.78 is 77.7. The molecule has 0 amide bonds. The van der Waals surface area contributed by atoms with Gasteiger partial charge in [-0.1, -0.05) is 12.1 Å². The van der Waals surface area contributed by atoms with E-state index in [1.165, 1.54) is 24.3 Å². The first-order valence-electron chi connectivity index (χ1n) is 7.41. The summed E-state index contributed by atoms with van der Waals surface area (Å²) in [7, 11) is -3.42. The molecule has 0 fully saturated rings. The van der Waals surface area contributed by atoms with Gasteiger partial charge in [-0.25, -0.2) is 26.0 Å². The molecule has 0 N–H and O–H groups in total. The summed E-state index contributed by atoms with van der Waals surface area (Å²) in [6.07, 6.45) is 1.04. The Morgan fingerprint density at radius 2 is 1.12 bits per heavy atom. The minimum Gasteiger partial charge on any atom is -0.224 e. The van der Waals surface area contributed by atoms with Crippen LogP contribution in [0.3, 0.4) is 0 Å². The second-order valence-electron chi connectivity index (χ2n) is 5.77. The van der Waals surface area contributed by atoms with Gasteiger partial charge < -0.3 is 0 Å². The van der Waals surface area contributed by atoms with E-state index in [1.807, 2.05) is 0 Å². The molecule has 0 aliphatic carbocycles. The van der Waals surface area contributed by atoms with Crippen LogP contribution in [0.15, 0.2) is 59.5 Å². The fourth-order valence-electron chi connectivity index (χ4n) is 2.62. The van der Waals surface area contributed by atoms with Crippen LogP contribution in [0, 0.1) is 23.3 Å². The van der Waals surface area contributed by atoms with Gasteiger partial charge in [0.1, 0.15) is 11.6 Å². The molecule has 0 saturated carbocycles. The maximum atomic E-state index is 13.8. The van der Waals surface area contributed by atoms with Crippen molar-refractivity contribution in [1.82, 2.24) is 0 Å². The molecule has 0 spiro atoms. The predicted molar refractivity (Wildman–Crippen MR) is 90.3 cm³/mol. The van der Waals surface area contributed by atoms with E-state index in [0.29, 0.717) is 11.6 Å². The fraction of sp³-hybridized carbons (Fsp3) is 0.0526. The van der Waals surface area contributed by atoms with Gasteiger partial charge in [0, 0.05) is 12.3 Å². The van der Waals surface area contributed by atoms with Crippen LogP contribution in [-0.4, -0.2) is 14.7 Å². The molecule has 0 heterocycles. The summed E-state index contributed by atoms with van der Waals surface area (Å²) in [5.41, 5.74) is 0.655. The summed E-state index contributed by atoms with van der Waals surface area (Å²) in [5.74, 6) is -4.01. The predicted octanol–water partition coefficient (Wildman–Crippen LogP) is 4.98. The van der Waals surface area contributed by atoms with Gasteiger partial charge in [0.15, 0.2) is 21.5 Å². The smallest absolute Gasteiger partial charge is 0.175 e. The quantitative estimate of drug-likeness (QED) is 0.601. The Kier molecular flexibility index (Phi) is 4.58. The van der Waals surface area contributed by atoms with E-state index in [1.54, 1.807) is 0 Å². The third-order valence-electron chi connectivity index (χ3n) is 3.83. The van der Waals surface area contributed by atoms with E-state index < -0.39 is 33.1 Å². The van der Waals surface area contributed by atoms with E-state index >= 15 is 0 Å². The lowest BCUT2D eigenvalue weighted by atomic mass is 9.94. The molecule has 134 valence electrons. The highest BCUT2D eigenvalue weighted by Gasteiger charge is 2.16. The normalized spacial score (nSPS) is 11.6. The van der Waals surface area contributed by atoms with Crippen molar-refractivity contribution in [2.75, 3.05) is 6.26 Å². The van der Waals surface area contributed by atoms with Gasteiger partial charge in [-0.2, -0.15) is 0 Å². The third kappa shape index (κ3) is 3.62. The van der Waals surface area contributed by atoms with Crippen molar-refractivity contribution in [3.8, 4) is 22.3 Å². The molecule has 0 bridgehead atoms. The molecule has 3 aromatic rings. The molecule has 3 aromatic carbocycles. The van der Waals surface area contributed by atoms with Crippen molar-refractivity contribution in [1.29, 1.82) is 0 Å². The number of rotatable bonds is 3. The van der Waals surface area contributed by atoms with Gasteiger partial charge in [-0.05, 0) is 58.7 Å². The van der Waals surface area contributed by atoms with Gasteiger partial charge in [0.2, 0.25) is 0 Å². The monoisotopic (exact) mass is 380 g/mol. The van der Waals surface area contributed by atoms with Crippen LogP contribution in [-0.2, 0) is 9.84 Å². The van der Waals surface area contributed by atoms with Crippen LogP contribution >= 0.6 is 0 Å². The van der Waals surface area contributed by atoms with Crippen LogP contribution < -0.4 is 0 Å². The Labute approximate surface area is 147 Å². The Morgan fingerprint density at radius 3 is 1.58 bits per heavy atom. The summed E-state index contributed by atoms with van der Waals surface area (Å²) in [6.45, 7) is 0. The maximum absolute atomic E-state index is 13.8. The van der Waals surface area contributed by atoms with Gasteiger partial charge >= 0.3 is 0 Å². The highest BCUT2D eigenvalue weighted by molar-refractivity contribution is 7.90. The Bertz CT molecular complexity index is 1070. The number of hydrogen-bond acceptors (Lipinski definition) is 2. The summed E-state index contributed by atoms with van der Waals surface area (Å²) in [5, 5.41) is 0. The van der Waals surface area contributed by atoms with Crippen LogP contribution in [0.5, 0.6) is 0 Å². The fourth-order valence-corrected chi connectivity index (χ4v) is 3.25. The first-order valence-corrected chi connectivity index (χ1v) is 9.30. The highest BCUT2D eigenvalue weighted by Crippen LogP contribution is 2.35. The summed E-state index contributed by atoms with van der Waals surface area (Å²) in [6, 6.07) is 9.92. The molecule has 7 heteroatoms. The molecule has 2 nitrogen and oxygen atoms in total. The third-order valence-corrected chi connectivity index (χ3v) is 4.96. The van der Waals surface area contributed by atoms with Crippen LogP contribution in [0.2, 0.25) is 0 Å². The summed E-state index contributed by atoms with van der Waals surface area (Å²) >= 11 is 0. The van der Waals surface area contributed by atoms with Crippen molar-refractivity contribution in [3.05, 3.63) is 77.9 Å². The largest absolute Gasteiger partial charge is 0.224 e. The van der Waals surface area contributed by atoms with Crippen molar-refractivity contribution in [2.24, 2.45) is 0 Å². The topological polar surface area (TPSA) is 34.1 Å². The lowest BCUT2D eigenvalue weighted by Crippen LogP contribution is -1.97. The molecule has 0 atom stereocenters. The molecule has 0 saturated heterocycles. The molecular weight excluding hydrogens is 368 g/mol. The van der Waals surface area contributed by atoms with Crippen LogP contribution in [0.4, 0.5) is 17.6 Å². The molecule has 3 rings (SSSR count).